The Balaban J connectivity index is 1.35. The highest BCUT2D eigenvalue weighted by molar-refractivity contribution is 5.79. The van der Waals surface area contributed by atoms with E-state index in [-0.39, 0.29) is 17.9 Å². The second-order valence-electron chi connectivity index (χ2n) is 7.09. The number of piperidine rings is 1. The third kappa shape index (κ3) is 3.74. The Bertz CT molecular complexity index is 718. The van der Waals surface area contributed by atoms with Crippen LogP contribution in [0.5, 0.6) is 0 Å². The van der Waals surface area contributed by atoms with E-state index in [0.717, 1.165) is 44.3 Å². The SMILES string of the molecule is CC(c1nc(-c2ccccc2)no1)N1CCC(C(=O)NC2CC2)CC1. The van der Waals surface area contributed by atoms with Crippen LogP contribution in [0, 0.1) is 5.92 Å². The number of nitrogens with zero attached hydrogens (tertiary/aromatic N) is 3. The minimum absolute atomic E-state index is 0.0670. The highest BCUT2D eigenvalue weighted by atomic mass is 16.5. The van der Waals surface area contributed by atoms with E-state index in [1.54, 1.807) is 0 Å². The molecule has 0 bridgehead atoms. The van der Waals surface area contributed by atoms with E-state index < -0.39 is 0 Å². The number of carbonyl (C=O) groups excluding carboxylic acids is 1. The molecule has 6 nitrogen and oxygen atoms in total. The Morgan fingerprint density at radius 2 is 1.92 bits per heavy atom. The zero-order chi connectivity index (χ0) is 17.2. The normalized spacial score (nSPS) is 20.4. The lowest BCUT2D eigenvalue weighted by atomic mass is 9.95. The van der Waals surface area contributed by atoms with Gasteiger partial charge < -0.3 is 9.84 Å². The van der Waals surface area contributed by atoms with Crippen molar-refractivity contribution in [2.45, 2.75) is 44.7 Å². The molecule has 2 aliphatic rings. The zero-order valence-corrected chi connectivity index (χ0v) is 14.5. The van der Waals surface area contributed by atoms with Gasteiger partial charge in [0.15, 0.2) is 0 Å². The highest BCUT2D eigenvalue weighted by Crippen LogP contribution is 2.28. The van der Waals surface area contributed by atoms with Gasteiger partial charge in [-0.05, 0) is 45.7 Å². The average molecular weight is 340 g/mol. The second-order valence-corrected chi connectivity index (χ2v) is 7.09. The van der Waals surface area contributed by atoms with Crippen LogP contribution in [0.15, 0.2) is 34.9 Å². The molecule has 1 saturated carbocycles. The molecule has 1 amide bonds. The van der Waals surface area contributed by atoms with Crippen molar-refractivity contribution in [1.82, 2.24) is 20.4 Å². The van der Waals surface area contributed by atoms with Crippen molar-refractivity contribution in [3.8, 4) is 11.4 Å². The third-order valence-corrected chi connectivity index (χ3v) is 5.20. The van der Waals surface area contributed by atoms with E-state index >= 15 is 0 Å². The Morgan fingerprint density at radius 1 is 1.20 bits per heavy atom. The van der Waals surface area contributed by atoms with Gasteiger partial charge in [0, 0.05) is 17.5 Å². The number of carbonyl (C=O) groups is 1. The molecule has 1 aromatic heterocycles. The molecule has 0 radical (unpaired) electrons. The van der Waals surface area contributed by atoms with Crippen LogP contribution in [0.1, 0.15) is 44.5 Å². The quantitative estimate of drug-likeness (QED) is 0.906. The summed E-state index contributed by atoms with van der Waals surface area (Å²) in [6.45, 7) is 3.85. The largest absolute Gasteiger partial charge is 0.353 e. The maximum absolute atomic E-state index is 12.2. The Labute approximate surface area is 147 Å². The van der Waals surface area contributed by atoms with Crippen molar-refractivity contribution < 1.29 is 9.32 Å². The van der Waals surface area contributed by atoms with Crippen LogP contribution in [0.2, 0.25) is 0 Å². The fraction of sp³-hybridized carbons (Fsp3) is 0.526. The van der Waals surface area contributed by atoms with Gasteiger partial charge in [-0.25, -0.2) is 0 Å². The van der Waals surface area contributed by atoms with E-state index in [4.69, 9.17) is 4.52 Å². The number of likely N-dealkylation sites (tertiary alicyclic amines) is 1. The van der Waals surface area contributed by atoms with Gasteiger partial charge in [0.2, 0.25) is 17.6 Å². The lowest BCUT2D eigenvalue weighted by molar-refractivity contribution is -0.126. The molecule has 2 aromatic rings. The minimum atomic E-state index is 0.0670. The first-order valence-electron chi connectivity index (χ1n) is 9.14. The Hall–Kier alpha value is -2.21. The van der Waals surface area contributed by atoms with Crippen LogP contribution in [-0.4, -0.2) is 40.1 Å². The van der Waals surface area contributed by atoms with E-state index in [1.165, 1.54) is 0 Å². The molecule has 132 valence electrons. The molecule has 1 aliphatic carbocycles. The molecular weight excluding hydrogens is 316 g/mol. The first-order chi connectivity index (χ1) is 12.2. The third-order valence-electron chi connectivity index (χ3n) is 5.20. The standard InChI is InChI=1S/C19H24N4O2/c1-13(19-21-17(22-25-19)14-5-3-2-4-6-14)23-11-9-15(10-12-23)18(24)20-16-7-8-16/h2-6,13,15-16H,7-12H2,1H3,(H,20,24). The van der Waals surface area contributed by atoms with E-state index in [1.807, 2.05) is 30.3 Å². The van der Waals surface area contributed by atoms with Crippen molar-refractivity contribution >= 4 is 5.91 Å². The minimum Gasteiger partial charge on any atom is -0.353 e. The van der Waals surface area contributed by atoms with Crippen LogP contribution in [0.4, 0.5) is 0 Å². The average Bonchev–Trinajstić information content (AvgIpc) is 3.34. The molecule has 1 unspecified atom stereocenters. The van der Waals surface area contributed by atoms with Gasteiger partial charge in [-0.2, -0.15) is 4.98 Å². The Morgan fingerprint density at radius 3 is 2.60 bits per heavy atom. The van der Waals surface area contributed by atoms with Gasteiger partial charge in [-0.1, -0.05) is 35.5 Å². The first-order valence-corrected chi connectivity index (χ1v) is 9.14. The molecule has 1 aromatic carbocycles. The van der Waals surface area contributed by atoms with E-state index in [2.05, 4.69) is 27.3 Å². The molecule has 2 fully saturated rings. The molecule has 1 aliphatic heterocycles. The summed E-state index contributed by atoms with van der Waals surface area (Å²) in [5, 5.41) is 7.23. The summed E-state index contributed by atoms with van der Waals surface area (Å²) in [6, 6.07) is 10.4. The molecule has 1 atom stereocenters. The van der Waals surface area contributed by atoms with Crippen molar-refractivity contribution in [1.29, 1.82) is 0 Å². The fourth-order valence-electron chi connectivity index (χ4n) is 3.36. The van der Waals surface area contributed by atoms with Gasteiger partial charge in [0.1, 0.15) is 0 Å². The number of rotatable bonds is 5. The van der Waals surface area contributed by atoms with Crippen LogP contribution in [0.25, 0.3) is 11.4 Å². The van der Waals surface area contributed by atoms with Crippen molar-refractivity contribution in [3.05, 3.63) is 36.2 Å². The van der Waals surface area contributed by atoms with Crippen LogP contribution < -0.4 is 5.32 Å². The van der Waals surface area contributed by atoms with E-state index in [0.29, 0.717) is 17.8 Å². The number of hydrogen-bond donors (Lipinski definition) is 1. The summed E-state index contributed by atoms with van der Waals surface area (Å²) in [4.78, 5) is 19.1. The second kappa shape index (κ2) is 6.96. The number of aromatic nitrogens is 2. The molecule has 1 N–H and O–H groups in total. The van der Waals surface area contributed by atoms with E-state index in [9.17, 15) is 4.79 Å². The van der Waals surface area contributed by atoms with Gasteiger partial charge in [-0.3, -0.25) is 9.69 Å². The summed E-state index contributed by atoms with van der Waals surface area (Å²) in [7, 11) is 0. The molecule has 1 saturated heterocycles. The summed E-state index contributed by atoms with van der Waals surface area (Å²) < 4.78 is 5.49. The van der Waals surface area contributed by atoms with Gasteiger partial charge >= 0.3 is 0 Å². The number of nitrogens with one attached hydrogen (secondary N) is 1. The zero-order valence-electron chi connectivity index (χ0n) is 14.5. The predicted molar refractivity (Wildman–Crippen MR) is 93.6 cm³/mol. The molecular formula is C19H24N4O2. The molecule has 6 heteroatoms. The summed E-state index contributed by atoms with van der Waals surface area (Å²) in [6.07, 6.45) is 4.07. The maximum atomic E-state index is 12.2. The van der Waals surface area contributed by atoms with Crippen molar-refractivity contribution in [2.24, 2.45) is 5.92 Å². The maximum Gasteiger partial charge on any atom is 0.244 e. The highest BCUT2D eigenvalue weighted by Gasteiger charge is 2.32. The predicted octanol–water partition coefficient (Wildman–Crippen LogP) is 2.79. The summed E-state index contributed by atoms with van der Waals surface area (Å²) in [5.74, 6) is 1.64. The monoisotopic (exact) mass is 340 g/mol. The molecule has 2 heterocycles. The van der Waals surface area contributed by atoms with Crippen molar-refractivity contribution in [3.63, 3.8) is 0 Å². The fourth-order valence-corrected chi connectivity index (χ4v) is 3.36. The van der Waals surface area contributed by atoms with Crippen LogP contribution >= 0.6 is 0 Å². The van der Waals surface area contributed by atoms with Crippen LogP contribution in [-0.2, 0) is 4.79 Å². The molecule has 0 spiro atoms. The van der Waals surface area contributed by atoms with Crippen LogP contribution in [0.3, 0.4) is 0 Å². The molecule has 25 heavy (non-hydrogen) atoms. The summed E-state index contributed by atoms with van der Waals surface area (Å²) >= 11 is 0. The van der Waals surface area contributed by atoms with Gasteiger partial charge in [-0.15, -0.1) is 0 Å². The topological polar surface area (TPSA) is 71.3 Å². The molecule has 4 rings (SSSR count). The van der Waals surface area contributed by atoms with Crippen molar-refractivity contribution in [2.75, 3.05) is 13.1 Å². The number of amides is 1. The number of benzene rings is 1. The van der Waals surface area contributed by atoms with Gasteiger partial charge in [0.05, 0.1) is 6.04 Å². The first kappa shape index (κ1) is 16.3. The lowest BCUT2D eigenvalue weighted by Gasteiger charge is -2.33. The Kier molecular flexibility index (Phi) is 4.53. The lowest BCUT2D eigenvalue weighted by Crippen LogP contribution is -2.42. The number of hydrogen-bond acceptors (Lipinski definition) is 5. The smallest absolute Gasteiger partial charge is 0.244 e. The van der Waals surface area contributed by atoms with Gasteiger partial charge in [0.25, 0.3) is 0 Å². The summed E-state index contributed by atoms with van der Waals surface area (Å²) in [5.41, 5.74) is 0.958.